The molecule has 0 bridgehead atoms. The Hall–Kier alpha value is -0.670. The summed E-state index contributed by atoms with van der Waals surface area (Å²) in [5, 5.41) is 4.25. The van der Waals surface area contributed by atoms with Gasteiger partial charge in [0.2, 0.25) is 10.0 Å². The van der Waals surface area contributed by atoms with Crippen molar-refractivity contribution in [3.05, 3.63) is 26.4 Å². The Morgan fingerprint density at radius 3 is 2.90 bits per heavy atom. The summed E-state index contributed by atoms with van der Waals surface area (Å²) < 4.78 is 29.8. The number of aryl methyl sites for hydroxylation is 2. The molecule has 0 aromatic carbocycles. The molecule has 0 amide bonds. The maximum absolute atomic E-state index is 12.4. The molecular formula is C11H12Cl2N4O2S2. The van der Waals surface area contributed by atoms with Gasteiger partial charge in [-0.3, -0.25) is 0 Å². The van der Waals surface area contributed by atoms with Crippen LogP contribution in [-0.4, -0.2) is 23.2 Å². The van der Waals surface area contributed by atoms with Crippen LogP contribution in [-0.2, 0) is 16.6 Å². The normalized spacial score (nSPS) is 18.7. The van der Waals surface area contributed by atoms with Crippen molar-refractivity contribution in [2.75, 3.05) is 0 Å². The predicted molar refractivity (Wildman–Crippen MR) is 81.4 cm³/mol. The molecule has 0 aliphatic carbocycles. The van der Waals surface area contributed by atoms with E-state index < -0.39 is 16.1 Å². The van der Waals surface area contributed by atoms with Crippen LogP contribution in [0.1, 0.15) is 30.5 Å². The van der Waals surface area contributed by atoms with Crippen molar-refractivity contribution < 1.29 is 8.42 Å². The van der Waals surface area contributed by atoms with Crippen molar-refractivity contribution in [2.45, 2.75) is 37.2 Å². The lowest BCUT2D eigenvalue weighted by Gasteiger charge is -2.22. The fraction of sp³-hybridized carbons (Fsp3) is 0.455. The maximum Gasteiger partial charge on any atom is 0.243 e. The molecular weight excluding hydrogens is 355 g/mol. The van der Waals surface area contributed by atoms with Gasteiger partial charge in [-0.25, -0.2) is 22.8 Å². The fourth-order valence-electron chi connectivity index (χ4n) is 2.34. The number of nitrogens with one attached hydrogen (secondary N) is 1. The Morgan fingerprint density at radius 1 is 1.48 bits per heavy atom. The van der Waals surface area contributed by atoms with E-state index in [0.29, 0.717) is 22.4 Å². The first-order valence-electron chi connectivity index (χ1n) is 6.25. The van der Waals surface area contributed by atoms with Crippen molar-refractivity contribution in [3.8, 4) is 0 Å². The van der Waals surface area contributed by atoms with Crippen molar-refractivity contribution in [2.24, 2.45) is 0 Å². The zero-order valence-electron chi connectivity index (χ0n) is 11.0. The third-order valence-corrected chi connectivity index (χ3v) is 6.42. The van der Waals surface area contributed by atoms with Crippen molar-refractivity contribution in [1.82, 2.24) is 19.5 Å². The topological polar surface area (TPSA) is 76.9 Å². The van der Waals surface area contributed by atoms with Crippen molar-refractivity contribution >= 4 is 44.6 Å². The highest BCUT2D eigenvalue weighted by atomic mass is 35.5. The van der Waals surface area contributed by atoms with Crippen LogP contribution in [0.5, 0.6) is 0 Å². The van der Waals surface area contributed by atoms with Gasteiger partial charge in [0.05, 0.1) is 10.4 Å². The van der Waals surface area contributed by atoms with E-state index in [1.165, 1.54) is 6.07 Å². The molecule has 0 saturated heterocycles. The Morgan fingerprint density at radius 2 is 2.24 bits per heavy atom. The molecule has 10 heteroatoms. The van der Waals surface area contributed by atoms with Gasteiger partial charge in [0, 0.05) is 6.54 Å². The van der Waals surface area contributed by atoms with Crippen molar-refractivity contribution in [3.63, 3.8) is 0 Å². The molecule has 2 aromatic rings. The second kappa shape index (κ2) is 5.51. The van der Waals surface area contributed by atoms with Gasteiger partial charge in [0.25, 0.3) is 0 Å². The first-order valence-corrected chi connectivity index (χ1v) is 9.31. The van der Waals surface area contributed by atoms with Crippen molar-refractivity contribution in [1.29, 1.82) is 0 Å². The number of hydrogen-bond donors (Lipinski definition) is 1. The summed E-state index contributed by atoms with van der Waals surface area (Å²) in [4.78, 5) is 4.31. The van der Waals surface area contributed by atoms with Crippen LogP contribution in [0.3, 0.4) is 0 Å². The lowest BCUT2D eigenvalue weighted by Crippen LogP contribution is -2.33. The van der Waals surface area contributed by atoms with E-state index in [2.05, 4.69) is 14.8 Å². The molecule has 1 aliphatic rings. The van der Waals surface area contributed by atoms with Gasteiger partial charge in [0.1, 0.15) is 20.9 Å². The molecule has 0 saturated carbocycles. The minimum Gasteiger partial charge on any atom is -0.248 e. The Balaban J connectivity index is 1.92. The van der Waals surface area contributed by atoms with E-state index in [-0.39, 0.29) is 9.23 Å². The van der Waals surface area contributed by atoms with Crippen LogP contribution in [0, 0.1) is 6.92 Å². The number of rotatable bonds is 3. The van der Waals surface area contributed by atoms with E-state index in [1.807, 2.05) is 0 Å². The molecule has 1 N–H and O–H groups in total. The summed E-state index contributed by atoms with van der Waals surface area (Å²) in [6.45, 7) is 2.53. The number of fused-ring (bicyclic) bond motifs is 1. The number of halogens is 2. The van der Waals surface area contributed by atoms with Crippen LogP contribution in [0.4, 0.5) is 0 Å². The van der Waals surface area contributed by atoms with Gasteiger partial charge >= 0.3 is 0 Å². The summed E-state index contributed by atoms with van der Waals surface area (Å²) >= 11 is 12.8. The van der Waals surface area contributed by atoms with E-state index in [4.69, 9.17) is 23.2 Å². The summed E-state index contributed by atoms with van der Waals surface area (Å²) in [5.74, 6) is 1.27. The highest BCUT2D eigenvalue weighted by Crippen LogP contribution is 2.35. The van der Waals surface area contributed by atoms with E-state index in [1.54, 1.807) is 11.6 Å². The summed E-state index contributed by atoms with van der Waals surface area (Å²) in [6, 6.07) is 0.954. The summed E-state index contributed by atoms with van der Waals surface area (Å²) in [7, 11) is -3.74. The third kappa shape index (κ3) is 2.95. The molecule has 1 atom stereocenters. The van der Waals surface area contributed by atoms with Gasteiger partial charge in [-0.1, -0.05) is 23.2 Å². The number of hydrogen-bond acceptors (Lipinski definition) is 5. The van der Waals surface area contributed by atoms with Gasteiger partial charge < -0.3 is 0 Å². The van der Waals surface area contributed by atoms with Crippen LogP contribution < -0.4 is 4.72 Å². The van der Waals surface area contributed by atoms with Crippen LogP contribution in [0.15, 0.2) is 11.0 Å². The Kier molecular flexibility index (Phi) is 4.00. The smallest absolute Gasteiger partial charge is 0.243 e. The average Bonchev–Trinajstić information content (AvgIpc) is 2.92. The first kappa shape index (κ1) is 15.2. The lowest BCUT2D eigenvalue weighted by atomic mass is 10.1. The molecule has 0 fully saturated rings. The SMILES string of the molecule is Cc1nc2n(n1)CCC[C@H]2NS(=O)(=O)c1cc(Cl)sc1Cl. The number of nitrogens with zero attached hydrogens (tertiary/aromatic N) is 3. The molecule has 0 radical (unpaired) electrons. The first-order chi connectivity index (χ1) is 9.87. The molecule has 114 valence electrons. The maximum atomic E-state index is 12.4. The van der Waals surface area contributed by atoms with E-state index >= 15 is 0 Å². The third-order valence-electron chi connectivity index (χ3n) is 3.19. The minimum absolute atomic E-state index is 0.00697. The molecule has 3 heterocycles. The second-order valence-corrected chi connectivity index (χ2v) is 8.71. The van der Waals surface area contributed by atoms with Gasteiger partial charge in [-0.05, 0) is 25.8 Å². The highest BCUT2D eigenvalue weighted by Gasteiger charge is 2.30. The summed E-state index contributed by atoms with van der Waals surface area (Å²) in [6.07, 6.45) is 1.51. The minimum atomic E-state index is -3.74. The molecule has 3 rings (SSSR count). The zero-order chi connectivity index (χ0) is 15.2. The fourth-order valence-corrected chi connectivity index (χ4v) is 5.72. The van der Waals surface area contributed by atoms with E-state index in [0.717, 1.165) is 24.3 Å². The molecule has 6 nitrogen and oxygen atoms in total. The highest BCUT2D eigenvalue weighted by molar-refractivity contribution is 7.89. The van der Waals surface area contributed by atoms with E-state index in [9.17, 15) is 8.42 Å². The number of aromatic nitrogens is 3. The number of thiophene rings is 1. The quantitative estimate of drug-likeness (QED) is 0.905. The van der Waals surface area contributed by atoms with Gasteiger partial charge in [-0.2, -0.15) is 5.10 Å². The second-order valence-electron chi connectivity index (χ2n) is 4.74. The molecule has 0 spiro atoms. The largest absolute Gasteiger partial charge is 0.248 e. The predicted octanol–water partition coefficient (Wildman–Crippen LogP) is 2.77. The number of sulfonamides is 1. The van der Waals surface area contributed by atoms with Gasteiger partial charge in [-0.15, -0.1) is 11.3 Å². The Labute approximate surface area is 136 Å². The zero-order valence-corrected chi connectivity index (χ0v) is 14.2. The lowest BCUT2D eigenvalue weighted by molar-refractivity contribution is 0.400. The summed E-state index contributed by atoms with van der Waals surface area (Å²) in [5.41, 5.74) is 0. The standard InChI is InChI=1S/C11H12Cl2N4O2S2/c1-6-14-11-7(3-2-4-17(11)15-6)16-21(18,19)8-5-9(12)20-10(8)13/h5,7,16H,2-4H2,1H3/t7-/m1/s1. The van der Waals surface area contributed by atoms with Crippen LogP contribution in [0.25, 0.3) is 0 Å². The van der Waals surface area contributed by atoms with Crippen LogP contribution in [0.2, 0.25) is 8.67 Å². The monoisotopic (exact) mass is 366 g/mol. The van der Waals surface area contributed by atoms with Crippen LogP contribution >= 0.6 is 34.5 Å². The molecule has 2 aromatic heterocycles. The molecule has 0 unspecified atom stereocenters. The van der Waals surface area contributed by atoms with Gasteiger partial charge in [0.15, 0.2) is 0 Å². The molecule has 1 aliphatic heterocycles. The molecule has 21 heavy (non-hydrogen) atoms. The average molecular weight is 367 g/mol. The Bertz CT molecular complexity index is 784.